The summed E-state index contributed by atoms with van der Waals surface area (Å²) in [6, 6.07) is 1.97. The van der Waals surface area contributed by atoms with Gasteiger partial charge in [0.05, 0.1) is 25.4 Å². The van der Waals surface area contributed by atoms with E-state index < -0.39 is 23.2 Å². The normalized spacial score (nSPS) is 31.0. The highest BCUT2D eigenvalue weighted by Crippen LogP contribution is 2.70. The molecule has 216 valence electrons. The Morgan fingerprint density at radius 2 is 1.43 bits per heavy atom. The Morgan fingerprint density at radius 1 is 0.818 bits per heavy atom. The molecule has 2 N–H and O–H groups in total. The van der Waals surface area contributed by atoms with Crippen LogP contribution in [0.1, 0.15) is 62.4 Å². The highest BCUT2D eigenvalue weighted by molar-refractivity contribution is 5.47. The summed E-state index contributed by atoms with van der Waals surface area (Å²) in [6.45, 7) is 2.55. The first-order valence-corrected chi connectivity index (χ1v) is 14.3. The van der Waals surface area contributed by atoms with Crippen molar-refractivity contribution in [3.8, 4) is 107 Å². The lowest BCUT2D eigenvalue weighted by atomic mass is 9.41. The number of ether oxygens (including phenoxy) is 1. The average Bonchev–Trinajstić information content (AvgIpc) is 3.53. The third kappa shape index (κ3) is 5.91. The van der Waals surface area contributed by atoms with Gasteiger partial charge in [0.25, 0.3) is 0 Å². The first kappa shape index (κ1) is 30.4. The summed E-state index contributed by atoms with van der Waals surface area (Å²) in [4.78, 5) is 8.60. The number of hydrogen-bond acceptors (Lipinski definition) is 6. The molecule has 8 unspecified atom stereocenters. The van der Waals surface area contributed by atoms with Crippen LogP contribution in [0.5, 0.6) is 0 Å². The smallest absolute Gasteiger partial charge is 0.171 e. The van der Waals surface area contributed by atoms with E-state index in [4.69, 9.17) is 9.15 Å². The first-order valence-electron chi connectivity index (χ1n) is 14.3. The second kappa shape index (κ2) is 14.0. The van der Waals surface area contributed by atoms with Gasteiger partial charge in [0.2, 0.25) is 0 Å². The van der Waals surface area contributed by atoms with Crippen LogP contribution in [-0.4, -0.2) is 30.2 Å². The maximum atomic E-state index is 11.6. The molecule has 2 bridgehead atoms. The highest BCUT2D eigenvalue weighted by atomic mass is 17.2. The Morgan fingerprint density at radius 3 is 2.07 bits per heavy atom. The van der Waals surface area contributed by atoms with Gasteiger partial charge in [-0.05, 0) is 102 Å². The number of aliphatic hydroxyl groups is 2. The molecule has 3 fully saturated rings. The van der Waals surface area contributed by atoms with Gasteiger partial charge in [0.15, 0.2) is 12.4 Å². The van der Waals surface area contributed by atoms with E-state index in [-0.39, 0.29) is 23.7 Å². The lowest BCUT2D eigenvalue weighted by Gasteiger charge is -2.66. The van der Waals surface area contributed by atoms with E-state index in [1.807, 2.05) is 6.07 Å². The molecule has 1 aromatic heterocycles. The SMILES string of the molecule is COOC#CC#CC#CC#CC#CC#CC#CC#CC#CC12CCCC3(C(O)OC1)C1C(O)c4occc4C(C)C1CCC23. The summed E-state index contributed by atoms with van der Waals surface area (Å²) >= 11 is 0. The minimum absolute atomic E-state index is 0.0921. The predicted octanol–water partition coefficient (Wildman–Crippen LogP) is 3.14. The van der Waals surface area contributed by atoms with E-state index in [2.05, 4.69) is 123 Å². The van der Waals surface area contributed by atoms with Gasteiger partial charge in [-0.2, -0.15) is 4.89 Å². The van der Waals surface area contributed by atoms with E-state index in [1.165, 1.54) is 7.11 Å². The van der Waals surface area contributed by atoms with Gasteiger partial charge in [-0.1, -0.05) is 19.3 Å². The van der Waals surface area contributed by atoms with Crippen molar-refractivity contribution in [2.24, 2.45) is 28.6 Å². The zero-order valence-corrected chi connectivity index (χ0v) is 24.4. The Labute approximate surface area is 258 Å². The molecule has 2 saturated carbocycles. The maximum Gasteiger partial charge on any atom is 0.171 e. The van der Waals surface area contributed by atoms with Crippen molar-refractivity contribution in [1.29, 1.82) is 0 Å². The van der Waals surface area contributed by atoms with Gasteiger partial charge >= 0.3 is 0 Å². The molecule has 4 aliphatic rings. The van der Waals surface area contributed by atoms with E-state index in [9.17, 15) is 10.2 Å². The number of rotatable bonds is 1. The summed E-state index contributed by atoms with van der Waals surface area (Å²) in [5.74, 6) is 45.9. The van der Waals surface area contributed by atoms with Gasteiger partial charge in [0, 0.05) is 58.7 Å². The van der Waals surface area contributed by atoms with Crippen LogP contribution in [0.4, 0.5) is 0 Å². The zero-order chi connectivity index (χ0) is 30.8. The largest absolute Gasteiger partial charge is 0.466 e. The van der Waals surface area contributed by atoms with Crippen LogP contribution in [0.25, 0.3) is 0 Å². The molecule has 6 nitrogen and oxygen atoms in total. The van der Waals surface area contributed by atoms with Gasteiger partial charge in [0.1, 0.15) is 11.9 Å². The predicted molar refractivity (Wildman–Crippen MR) is 161 cm³/mol. The second-order valence-corrected chi connectivity index (χ2v) is 11.1. The minimum Gasteiger partial charge on any atom is -0.466 e. The van der Waals surface area contributed by atoms with Crippen molar-refractivity contribution in [2.45, 2.75) is 57.3 Å². The first-order chi connectivity index (χ1) is 21.5. The summed E-state index contributed by atoms with van der Waals surface area (Å²) < 4.78 is 11.8. The van der Waals surface area contributed by atoms with Gasteiger partial charge in [-0.25, -0.2) is 0 Å². The standard InChI is InChI=1S/C38H28O6/c1-29-30-20-21-32-37(23-17-15-13-11-9-7-5-3-4-6-8-10-12-14-16-18-26-44-41-2)24-19-25-38(32,36(40)43-28-37)33(30)34(39)35-31(29)22-27-42-35/h22,27,29-30,32-34,36,39-40H,19-21,24-25,28H2,1-2H3. The zero-order valence-electron chi connectivity index (χ0n) is 24.4. The molecule has 3 aliphatic carbocycles. The number of aliphatic hydroxyl groups excluding tert-OH is 2. The molecule has 44 heavy (non-hydrogen) atoms. The molecule has 1 aromatic rings. The average molecular weight is 581 g/mol. The molecule has 0 spiro atoms. The van der Waals surface area contributed by atoms with E-state index >= 15 is 0 Å². The van der Waals surface area contributed by atoms with Gasteiger partial charge < -0.3 is 19.4 Å². The van der Waals surface area contributed by atoms with Crippen LogP contribution in [0.2, 0.25) is 0 Å². The molecular weight excluding hydrogens is 552 g/mol. The Kier molecular flexibility index (Phi) is 9.65. The molecule has 0 amide bonds. The quantitative estimate of drug-likeness (QED) is 0.302. The fourth-order valence-electron chi connectivity index (χ4n) is 7.77. The summed E-state index contributed by atoms with van der Waals surface area (Å²) in [6.07, 6.45) is 6.57. The molecule has 1 saturated heterocycles. The third-order valence-corrected chi connectivity index (χ3v) is 9.27. The topological polar surface area (TPSA) is 81.3 Å². The van der Waals surface area contributed by atoms with Crippen LogP contribution in [-0.2, 0) is 14.5 Å². The van der Waals surface area contributed by atoms with Crippen LogP contribution >= 0.6 is 0 Å². The molecule has 6 heteroatoms. The van der Waals surface area contributed by atoms with Crippen molar-refractivity contribution < 1.29 is 29.1 Å². The monoisotopic (exact) mass is 580 g/mol. The number of fused-ring (bicyclic) bond motifs is 2. The third-order valence-electron chi connectivity index (χ3n) is 9.27. The van der Waals surface area contributed by atoms with Crippen LogP contribution < -0.4 is 0 Å². The molecule has 1 aliphatic heterocycles. The fraction of sp³-hybridized carbons (Fsp3) is 0.421. The minimum atomic E-state index is -0.951. The fourth-order valence-corrected chi connectivity index (χ4v) is 7.77. The van der Waals surface area contributed by atoms with Crippen LogP contribution in [0.3, 0.4) is 0 Å². The molecule has 0 aromatic carbocycles. The molecule has 5 rings (SSSR count). The molecular formula is C38H28O6. The van der Waals surface area contributed by atoms with Crippen molar-refractivity contribution in [3.05, 3.63) is 23.7 Å². The Balaban J connectivity index is 1.24. The lowest BCUT2D eigenvalue weighted by molar-refractivity contribution is -0.323. The highest BCUT2D eigenvalue weighted by Gasteiger charge is 2.69. The van der Waals surface area contributed by atoms with Crippen molar-refractivity contribution in [3.63, 3.8) is 0 Å². The lowest BCUT2D eigenvalue weighted by Crippen LogP contribution is -2.66. The van der Waals surface area contributed by atoms with Crippen molar-refractivity contribution >= 4 is 0 Å². The van der Waals surface area contributed by atoms with Crippen LogP contribution in [0.15, 0.2) is 16.7 Å². The molecule has 0 radical (unpaired) electrons. The van der Waals surface area contributed by atoms with E-state index in [0.29, 0.717) is 12.4 Å². The summed E-state index contributed by atoms with van der Waals surface area (Å²) in [5, 5.41) is 23.0. The molecule has 2 heterocycles. The van der Waals surface area contributed by atoms with Crippen molar-refractivity contribution in [2.75, 3.05) is 13.7 Å². The number of furan rings is 1. The van der Waals surface area contributed by atoms with Crippen molar-refractivity contribution in [1.82, 2.24) is 0 Å². The van der Waals surface area contributed by atoms with Gasteiger partial charge in [-0.15, -0.1) is 0 Å². The summed E-state index contributed by atoms with van der Waals surface area (Å²) in [5.41, 5.74) is 0.0571. The van der Waals surface area contributed by atoms with Gasteiger partial charge in [-0.3, -0.25) is 4.89 Å². The molecule has 8 atom stereocenters. The van der Waals surface area contributed by atoms with E-state index in [1.54, 1.807) is 6.26 Å². The second-order valence-electron chi connectivity index (χ2n) is 11.1. The summed E-state index contributed by atoms with van der Waals surface area (Å²) in [7, 11) is 1.34. The Hall–Kier alpha value is -5.04. The Bertz CT molecular complexity index is 1860. The van der Waals surface area contributed by atoms with Crippen LogP contribution in [0, 0.1) is 135 Å². The maximum absolute atomic E-state index is 11.6. The van der Waals surface area contributed by atoms with E-state index in [0.717, 1.165) is 37.7 Å². The number of hydrogen-bond donors (Lipinski definition) is 2.